The predicted molar refractivity (Wildman–Crippen MR) is 97.7 cm³/mol. The van der Waals surface area contributed by atoms with E-state index < -0.39 is 0 Å². The summed E-state index contributed by atoms with van der Waals surface area (Å²) in [6, 6.07) is 20.1. The van der Waals surface area contributed by atoms with Gasteiger partial charge < -0.3 is 9.64 Å². The SMILES string of the molecule is C[C@H](Cc1ccccc1)C(=O)O[C@H](c1ccccc1)[C@@H](C)N(C)C. The summed E-state index contributed by atoms with van der Waals surface area (Å²) in [4.78, 5) is 14.7. The number of carbonyl (C=O) groups excluding carboxylic acids is 1. The summed E-state index contributed by atoms with van der Waals surface area (Å²) in [5.41, 5.74) is 2.18. The number of benzene rings is 2. The number of nitrogens with zero attached hydrogens (tertiary/aromatic N) is 1. The molecule has 2 aromatic carbocycles. The Balaban J connectivity index is 2.09. The van der Waals surface area contributed by atoms with Crippen molar-refractivity contribution < 1.29 is 9.53 Å². The zero-order chi connectivity index (χ0) is 17.5. The van der Waals surface area contributed by atoms with E-state index in [1.165, 1.54) is 0 Å². The molecule has 2 aromatic rings. The topological polar surface area (TPSA) is 29.5 Å². The molecule has 0 fully saturated rings. The van der Waals surface area contributed by atoms with Gasteiger partial charge in [-0.3, -0.25) is 4.79 Å². The summed E-state index contributed by atoms with van der Waals surface area (Å²) in [6.07, 6.45) is 0.421. The number of likely N-dealkylation sites (N-methyl/N-ethyl adjacent to an activating group) is 1. The molecular weight excluding hydrogens is 298 g/mol. The highest BCUT2D eigenvalue weighted by molar-refractivity contribution is 5.72. The third-order valence-electron chi connectivity index (χ3n) is 4.41. The normalized spacial score (nSPS) is 14.9. The molecule has 3 atom stereocenters. The van der Waals surface area contributed by atoms with Crippen molar-refractivity contribution in [1.82, 2.24) is 4.90 Å². The van der Waals surface area contributed by atoms with Crippen LogP contribution in [0.4, 0.5) is 0 Å². The van der Waals surface area contributed by atoms with E-state index in [-0.39, 0.29) is 24.0 Å². The van der Waals surface area contributed by atoms with Gasteiger partial charge in [0.15, 0.2) is 0 Å². The van der Waals surface area contributed by atoms with E-state index in [2.05, 4.69) is 11.8 Å². The minimum absolute atomic E-state index is 0.0975. The first-order valence-corrected chi connectivity index (χ1v) is 8.45. The molecule has 0 spiro atoms. The number of rotatable bonds is 7. The molecule has 2 rings (SSSR count). The van der Waals surface area contributed by atoms with Gasteiger partial charge in [-0.2, -0.15) is 0 Å². The molecule has 3 heteroatoms. The molecule has 0 radical (unpaired) electrons. The van der Waals surface area contributed by atoms with Crippen molar-refractivity contribution in [2.75, 3.05) is 14.1 Å². The van der Waals surface area contributed by atoms with Crippen molar-refractivity contribution in [2.45, 2.75) is 32.4 Å². The molecule has 0 bridgehead atoms. The molecule has 24 heavy (non-hydrogen) atoms. The molecule has 0 aromatic heterocycles. The van der Waals surface area contributed by atoms with Crippen LogP contribution in [-0.2, 0) is 16.0 Å². The molecular formula is C21H27NO2. The Hall–Kier alpha value is -2.13. The van der Waals surface area contributed by atoms with Gasteiger partial charge >= 0.3 is 5.97 Å². The van der Waals surface area contributed by atoms with Crippen LogP contribution in [-0.4, -0.2) is 31.0 Å². The van der Waals surface area contributed by atoms with E-state index in [9.17, 15) is 4.79 Å². The van der Waals surface area contributed by atoms with Crippen molar-refractivity contribution in [3.05, 3.63) is 71.8 Å². The standard InChI is InChI=1S/C21H27NO2/c1-16(15-18-11-7-5-8-12-18)21(23)24-20(17(2)22(3)4)19-13-9-6-10-14-19/h5-14,16-17,20H,15H2,1-4H3/t16-,17-,20+/m1/s1. The molecule has 0 amide bonds. The second-order valence-corrected chi connectivity index (χ2v) is 6.56. The van der Waals surface area contributed by atoms with Crippen molar-refractivity contribution >= 4 is 5.97 Å². The molecule has 0 heterocycles. The molecule has 0 saturated carbocycles. The Labute approximate surface area is 145 Å². The Morgan fingerprint density at radius 2 is 1.50 bits per heavy atom. The van der Waals surface area contributed by atoms with Crippen molar-refractivity contribution in [3.8, 4) is 0 Å². The maximum atomic E-state index is 12.6. The van der Waals surface area contributed by atoms with Crippen LogP contribution >= 0.6 is 0 Å². The Morgan fingerprint density at radius 1 is 0.958 bits per heavy atom. The molecule has 0 N–H and O–H groups in total. The lowest BCUT2D eigenvalue weighted by Crippen LogP contribution is -2.35. The molecule has 0 aliphatic carbocycles. The second-order valence-electron chi connectivity index (χ2n) is 6.56. The third kappa shape index (κ3) is 4.93. The van der Waals surface area contributed by atoms with Crippen LogP contribution in [0.5, 0.6) is 0 Å². The number of ether oxygens (including phenoxy) is 1. The lowest BCUT2D eigenvalue weighted by atomic mass is 10.00. The van der Waals surface area contributed by atoms with Gasteiger partial charge in [-0.1, -0.05) is 67.6 Å². The highest BCUT2D eigenvalue weighted by Gasteiger charge is 2.27. The van der Waals surface area contributed by atoms with Crippen LogP contribution in [0.15, 0.2) is 60.7 Å². The minimum atomic E-state index is -0.271. The quantitative estimate of drug-likeness (QED) is 0.718. The lowest BCUT2D eigenvalue weighted by molar-refractivity contribution is -0.156. The molecule has 0 aliphatic heterocycles. The molecule has 0 saturated heterocycles. The van der Waals surface area contributed by atoms with Crippen LogP contribution in [0.1, 0.15) is 31.1 Å². The zero-order valence-electron chi connectivity index (χ0n) is 15.0. The van der Waals surface area contributed by atoms with Gasteiger partial charge in [-0.05, 0) is 38.6 Å². The smallest absolute Gasteiger partial charge is 0.309 e. The molecule has 128 valence electrons. The summed E-state index contributed by atoms with van der Waals surface area (Å²) < 4.78 is 5.91. The fourth-order valence-corrected chi connectivity index (χ4v) is 2.65. The average molecular weight is 325 g/mol. The number of hydrogen-bond donors (Lipinski definition) is 0. The van der Waals surface area contributed by atoms with Crippen molar-refractivity contribution in [2.24, 2.45) is 5.92 Å². The summed E-state index contributed by atoms with van der Waals surface area (Å²) in [6.45, 7) is 4.00. The Morgan fingerprint density at radius 3 is 2.04 bits per heavy atom. The highest BCUT2D eigenvalue weighted by Crippen LogP contribution is 2.25. The van der Waals surface area contributed by atoms with Crippen molar-refractivity contribution in [3.63, 3.8) is 0 Å². The number of esters is 1. The van der Waals surface area contributed by atoms with Crippen LogP contribution in [0.2, 0.25) is 0 Å². The van der Waals surface area contributed by atoms with Gasteiger partial charge in [-0.25, -0.2) is 0 Å². The van der Waals surface area contributed by atoms with Crippen LogP contribution in [0.25, 0.3) is 0 Å². The fraction of sp³-hybridized carbons (Fsp3) is 0.381. The summed E-state index contributed by atoms with van der Waals surface area (Å²) in [7, 11) is 4.00. The number of carbonyl (C=O) groups is 1. The first kappa shape index (κ1) is 18.2. The maximum absolute atomic E-state index is 12.6. The van der Waals surface area contributed by atoms with Crippen LogP contribution in [0.3, 0.4) is 0 Å². The summed E-state index contributed by atoms with van der Waals surface area (Å²) >= 11 is 0. The Bertz CT molecular complexity index is 625. The van der Waals surface area contributed by atoms with E-state index in [0.29, 0.717) is 6.42 Å². The zero-order valence-corrected chi connectivity index (χ0v) is 15.0. The molecule has 0 aliphatic rings. The third-order valence-corrected chi connectivity index (χ3v) is 4.41. The summed E-state index contributed by atoms with van der Waals surface area (Å²) in [5, 5.41) is 0. The minimum Gasteiger partial charge on any atom is -0.456 e. The van der Waals surface area contributed by atoms with Gasteiger partial charge in [-0.15, -0.1) is 0 Å². The molecule has 0 unspecified atom stereocenters. The van der Waals surface area contributed by atoms with E-state index in [4.69, 9.17) is 4.74 Å². The van der Waals surface area contributed by atoms with Crippen molar-refractivity contribution in [1.29, 1.82) is 0 Å². The first-order chi connectivity index (χ1) is 11.5. The monoisotopic (exact) mass is 325 g/mol. The van der Waals surface area contributed by atoms with E-state index in [0.717, 1.165) is 11.1 Å². The average Bonchev–Trinajstić information content (AvgIpc) is 2.60. The van der Waals surface area contributed by atoms with Gasteiger partial charge in [0.1, 0.15) is 6.10 Å². The van der Waals surface area contributed by atoms with Gasteiger partial charge in [0.05, 0.1) is 5.92 Å². The van der Waals surface area contributed by atoms with Crippen LogP contribution < -0.4 is 0 Å². The van der Waals surface area contributed by atoms with Gasteiger partial charge in [0, 0.05) is 6.04 Å². The van der Waals surface area contributed by atoms with E-state index >= 15 is 0 Å². The predicted octanol–water partition coefficient (Wildman–Crippen LogP) is 4.10. The van der Waals surface area contributed by atoms with E-state index in [1.807, 2.05) is 81.7 Å². The second kappa shape index (κ2) is 8.65. The van der Waals surface area contributed by atoms with Crippen LogP contribution in [0, 0.1) is 5.92 Å². The largest absolute Gasteiger partial charge is 0.456 e. The highest BCUT2D eigenvalue weighted by atomic mass is 16.5. The summed E-state index contributed by atoms with van der Waals surface area (Å²) in [5.74, 6) is -0.325. The number of hydrogen-bond acceptors (Lipinski definition) is 3. The maximum Gasteiger partial charge on any atom is 0.309 e. The van der Waals surface area contributed by atoms with E-state index in [1.54, 1.807) is 0 Å². The first-order valence-electron chi connectivity index (χ1n) is 8.45. The van der Waals surface area contributed by atoms with Gasteiger partial charge in [0.25, 0.3) is 0 Å². The Kier molecular flexibility index (Phi) is 6.56. The van der Waals surface area contributed by atoms with Gasteiger partial charge in [0.2, 0.25) is 0 Å². The lowest BCUT2D eigenvalue weighted by Gasteiger charge is -2.30. The fourth-order valence-electron chi connectivity index (χ4n) is 2.65. The molecule has 3 nitrogen and oxygen atoms in total.